The molecule has 1 spiro atoms. The van der Waals surface area contributed by atoms with Crippen molar-refractivity contribution in [1.29, 1.82) is 0 Å². The molecule has 2 aliphatic rings. The number of halogens is 2. The van der Waals surface area contributed by atoms with Gasteiger partial charge < -0.3 is 0 Å². The number of hydrogen-bond donors (Lipinski definition) is 2. The SMILES string of the molecule is Cc1ccc2c(c1)C1(C=N2)CN[C@@H](Cc2cccc(Cl)c2Cl)N1. The molecule has 0 bridgehead atoms. The van der Waals surface area contributed by atoms with Crippen LogP contribution in [0.3, 0.4) is 0 Å². The maximum absolute atomic E-state index is 6.31. The summed E-state index contributed by atoms with van der Waals surface area (Å²) in [6.45, 7) is 2.92. The molecule has 0 radical (unpaired) electrons. The van der Waals surface area contributed by atoms with Gasteiger partial charge in [-0.1, -0.05) is 53.0 Å². The van der Waals surface area contributed by atoms with E-state index in [4.69, 9.17) is 23.2 Å². The van der Waals surface area contributed by atoms with Gasteiger partial charge in [0.15, 0.2) is 0 Å². The van der Waals surface area contributed by atoms with Crippen LogP contribution in [0.2, 0.25) is 10.0 Å². The second-order valence-corrected chi connectivity index (χ2v) is 7.03. The first-order valence-corrected chi connectivity index (χ1v) is 8.43. The third-order valence-corrected chi connectivity index (χ3v) is 5.43. The zero-order valence-corrected chi connectivity index (χ0v) is 14.2. The fourth-order valence-corrected chi connectivity index (χ4v) is 3.77. The van der Waals surface area contributed by atoms with Crippen molar-refractivity contribution >= 4 is 35.1 Å². The van der Waals surface area contributed by atoms with E-state index in [1.165, 1.54) is 11.1 Å². The van der Waals surface area contributed by atoms with E-state index in [0.29, 0.717) is 10.0 Å². The van der Waals surface area contributed by atoms with Crippen molar-refractivity contribution in [1.82, 2.24) is 10.6 Å². The molecule has 2 aromatic rings. The van der Waals surface area contributed by atoms with Crippen LogP contribution in [-0.4, -0.2) is 18.9 Å². The Hall–Kier alpha value is -1.39. The van der Waals surface area contributed by atoms with E-state index >= 15 is 0 Å². The summed E-state index contributed by atoms with van der Waals surface area (Å²) >= 11 is 12.4. The van der Waals surface area contributed by atoms with Gasteiger partial charge in [-0.15, -0.1) is 0 Å². The minimum atomic E-state index is -0.225. The van der Waals surface area contributed by atoms with Gasteiger partial charge in [0, 0.05) is 24.7 Å². The van der Waals surface area contributed by atoms with Gasteiger partial charge in [-0.05, 0) is 24.6 Å². The number of nitrogens with one attached hydrogen (secondary N) is 2. The number of benzene rings is 2. The van der Waals surface area contributed by atoms with Crippen molar-refractivity contribution < 1.29 is 0 Å². The molecule has 1 saturated heterocycles. The van der Waals surface area contributed by atoms with Gasteiger partial charge >= 0.3 is 0 Å². The van der Waals surface area contributed by atoms with Gasteiger partial charge in [-0.2, -0.15) is 0 Å². The summed E-state index contributed by atoms with van der Waals surface area (Å²) in [4.78, 5) is 4.57. The van der Waals surface area contributed by atoms with E-state index in [1.54, 1.807) is 0 Å². The standard InChI is InChI=1S/C18H17Cl2N3/c1-11-5-6-15-13(7-11)18(9-21-15)10-22-16(23-18)8-12-3-2-4-14(19)17(12)20/h2-7,9,16,22-23H,8,10H2,1H3/t16-,18?/m1/s1. The van der Waals surface area contributed by atoms with Crippen LogP contribution in [0.1, 0.15) is 16.7 Å². The van der Waals surface area contributed by atoms with E-state index in [9.17, 15) is 0 Å². The summed E-state index contributed by atoms with van der Waals surface area (Å²) in [6.07, 6.45) is 2.92. The molecule has 5 heteroatoms. The number of fused-ring (bicyclic) bond motifs is 2. The number of hydrogen-bond acceptors (Lipinski definition) is 3. The number of aliphatic imine (C=N–C) groups is 1. The lowest BCUT2D eigenvalue weighted by atomic mass is 9.92. The van der Waals surface area contributed by atoms with E-state index < -0.39 is 0 Å². The van der Waals surface area contributed by atoms with Crippen LogP contribution < -0.4 is 10.6 Å². The zero-order chi connectivity index (χ0) is 16.0. The van der Waals surface area contributed by atoms with Crippen LogP contribution in [0.25, 0.3) is 0 Å². The van der Waals surface area contributed by atoms with Crippen molar-refractivity contribution in [2.24, 2.45) is 4.99 Å². The van der Waals surface area contributed by atoms with Gasteiger partial charge in [-0.25, -0.2) is 0 Å². The van der Waals surface area contributed by atoms with Crippen molar-refractivity contribution in [3.8, 4) is 0 Å². The molecule has 0 amide bonds. The molecule has 1 fully saturated rings. The Morgan fingerprint density at radius 2 is 2.13 bits per heavy atom. The monoisotopic (exact) mass is 345 g/mol. The highest BCUT2D eigenvalue weighted by Crippen LogP contribution is 2.38. The number of nitrogens with zero attached hydrogens (tertiary/aromatic N) is 1. The molecule has 1 unspecified atom stereocenters. The summed E-state index contributed by atoms with van der Waals surface area (Å²) < 4.78 is 0. The number of rotatable bonds is 2. The average Bonchev–Trinajstić information content (AvgIpc) is 3.10. The first-order valence-electron chi connectivity index (χ1n) is 7.68. The highest BCUT2D eigenvalue weighted by molar-refractivity contribution is 6.42. The first-order chi connectivity index (χ1) is 11.1. The molecule has 2 N–H and O–H groups in total. The van der Waals surface area contributed by atoms with Crippen LogP contribution in [0.15, 0.2) is 41.4 Å². The van der Waals surface area contributed by atoms with E-state index in [-0.39, 0.29) is 11.7 Å². The van der Waals surface area contributed by atoms with Gasteiger partial charge in [0.25, 0.3) is 0 Å². The highest BCUT2D eigenvalue weighted by Gasteiger charge is 2.42. The average molecular weight is 346 g/mol. The normalized spacial score (nSPS) is 25.3. The smallest absolute Gasteiger partial charge is 0.0953 e. The van der Waals surface area contributed by atoms with E-state index in [1.807, 2.05) is 24.4 Å². The Kier molecular flexibility index (Phi) is 3.69. The predicted octanol–water partition coefficient (Wildman–Crippen LogP) is 3.97. The largest absolute Gasteiger partial charge is 0.299 e. The summed E-state index contributed by atoms with van der Waals surface area (Å²) in [5, 5.41) is 8.46. The second kappa shape index (κ2) is 5.60. The van der Waals surface area contributed by atoms with Gasteiger partial charge in [0.1, 0.15) is 0 Å². The fraction of sp³-hybridized carbons (Fsp3) is 0.278. The minimum Gasteiger partial charge on any atom is -0.299 e. The lowest BCUT2D eigenvalue weighted by Crippen LogP contribution is -2.43. The molecule has 2 aliphatic heterocycles. The van der Waals surface area contributed by atoms with Gasteiger partial charge in [-0.3, -0.25) is 15.6 Å². The molecule has 0 aromatic heterocycles. The van der Waals surface area contributed by atoms with Crippen LogP contribution in [0.4, 0.5) is 5.69 Å². The lowest BCUT2D eigenvalue weighted by Gasteiger charge is -2.23. The molecule has 3 nitrogen and oxygen atoms in total. The highest BCUT2D eigenvalue weighted by atomic mass is 35.5. The fourth-order valence-electron chi connectivity index (χ4n) is 3.37. The van der Waals surface area contributed by atoms with Crippen molar-refractivity contribution in [2.45, 2.75) is 25.0 Å². The quantitative estimate of drug-likeness (QED) is 0.863. The maximum atomic E-state index is 6.31. The molecule has 2 atom stereocenters. The van der Waals surface area contributed by atoms with Crippen LogP contribution >= 0.6 is 23.2 Å². The summed E-state index contributed by atoms with van der Waals surface area (Å²) in [7, 11) is 0. The summed E-state index contributed by atoms with van der Waals surface area (Å²) in [5.74, 6) is 0. The minimum absolute atomic E-state index is 0.129. The Balaban J connectivity index is 1.58. The van der Waals surface area contributed by atoms with Crippen molar-refractivity contribution in [3.05, 3.63) is 63.1 Å². The molecular weight excluding hydrogens is 329 g/mol. The predicted molar refractivity (Wildman–Crippen MR) is 96.1 cm³/mol. The Labute approximate surface area is 145 Å². The summed E-state index contributed by atoms with van der Waals surface area (Å²) in [5.41, 5.74) is 4.35. The van der Waals surface area contributed by atoms with Crippen molar-refractivity contribution in [2.75, 3.05) is 6.54 Å². The van der Waals surface area contributed by atoms with E-state index in [2.05, 4.69) is 40.7 Å². The molecular formula is C18H17Cl2N3. The van der Waals surface area contributed by atoms with Gasteiger partial charge in [0.05, 0.1) is 27.4 Å². The third kappa shape index (κ3) is 2.58. The number of aryl methyl sites for hydroxylation is 1. The first kappa shape index (κ1) is 15.2. The van der Waals surface area contributed by atoms with Crippen LogP contribution in [0.5, 0.6) is 0 Å². The lowest BCUT2D eigenvalue weighted by molar-refractivity contribution is 0.494. The molecule has 23 heavy (non-hydrogen) atoms. The zero-order valence-electron chi connectivity index (χ0n) is 12.7. The van der Waals surface area contributed by atoms with Gasteiger partial charge in [0.2, 0.25) is 0 Å². The Morgan fingerprint density at radius 3 is 3.00 bits per heavy atom. The Morgan fingerprint density at radius 1 is 1.26 bits per heavy atom. The second-order valence-electron chi connectivity index (χ2n) is 6.25. The van der Waals surface area contributed by atoms with Crippen LogP contribution in [0, 0.1) is 6.92 Å². The molecule has 2 aromatic carbocycles. The third-order valence-electron chi connectivity index (χ3n) is 4.57. The van der Waals surface area contributed by atoms with Crippen LogP contribution in [-0.2, 0) is 12.0 Å². The molecule has 2 heterocycles. The van der Waals surface area contributed by atoms with Crippen molar-refractivity contribution in [3.63, 3.8) is 0 Å². The topological polar surface area (TPSA) is 36.4 Å². The van der Waals surface area contributed by atoms with E-state index in [0.717, 1.165) is 24.2 Å². The maximum Gasteiger partial charge on any atom is 0.0953 e. The molecule has 0 saturated carbocycles. The summed E-state index contributed by atoms with van der Waals surface area (Å²) in [6, 6.07) is 12.2. The molecule has 0 aliphatic carbocycles. The Bertz CT molecular complexity index is 803. The molecule has 118 valence electrons. The molecule has 4 rings (SSSR count).